The van der Waals surface area contributed by atoms with Gasteiger partial charge < -0.3 is 42.2 Å². The number of thiophene rings is 5. The van der Waals surface area contributed by atoms with Gasteiger partial charge in [0.15, 0.2) is 11.3 Å². The van der Waals surface area contributed by atoms with Crippen molar-refractivity contribution in [3.63, 3.8) is 0 Å². The number of halogens is 7. The number of hydrogen-bond acceptors (Lipinski definition) is 32. The molecule has 2 fully saturated rings. The van der Waals surface area contributed by atoms with E-state index in [1.54, 1.807) is 86.9 Å². The number of ether oxygens (including phenoxy) is 1. The van der Waals surface area contributed by atoms with E-state index in [2.05, 4.69) is 116 Å². The van der Waals surface area contributed by atoms with Crippen molar-refractivity contribution in [1.29, 1.82) is 5.26 Å². The van der Waals surface area contributed by atoms with E-state index in [-0.39, 0.29) is 39.2 Å². The number of amides is 2. The first-order chi connectivity index (χ1) is 52.5. The van der Waals surface area contributed by atoms with Crippen molar-refractivity contribution in [2.24, 2.45) is 4.99 Å². The first-order valence-electron chi connectivity index (χ1n) is 30.2. The number of alkyl halides is 2. The maximum Gasteiger partial charge on any atom is 0.339 e. The average Bonchev–Trinajstić information content (AvgIpc) is 1.66. The second kappa shape index (κ2) is 45.4. The van der Waals surface area contributed by atoms with Crippen LogP contribution in [0.4, 0.5) is 0 Å². The van der Waals surface area contributed by atoms with Gasteiger partial charge in [-0.3, -0.25) is 48.8 Å². The maximum atomic E-state index is 11.7. The first-order valence-corrected chi connectivity index (χ1v) is 42.9. The van der Waals surface area contributed by atoms with Crippen molar-refractivity contribution >= 4 is 239 Å². The van der Waals surface area contributed by atoms with Gasteiger partial charge in [-0.05, 0) is 155 Å². The highest BCUT2D eigenvalue weighted by atomic mass is 79.9. The number of nitriles is 1. The summed E-state index contributed by atoms with van der Waals surface area (Å²) in [6.45, 7) is 2.84. The van der Waals surface area contributed by atoms with Crippen molar-refractivity contribution in [1.82, 2.24) is 59.9 Å². The molecule has 2 saturated heterocycles. The van der Waals surface area contributed by atoms with Crippen LogP contribution in [0.1, 0.15) is 51.8 Å². The van der Waals surface area contributed by atoms with Gasteiger partial charge in [-0.2, -0.15) is 5.26 Å². The molecule has 46 heteroatoms. The number of likely N-dealkylation sites (tertiary alicyclic amines) is 2. The Bertz CT molecular complexity index is 5380. The minimum Gasteiger partial charge on any atom is -0.445 e. The van der Waals surface area contributed by atoms with E-state index < -0.39 is 15.0 Å². The molecule has 3 aliphatic heterocycles. The Balaban J connectivity index is 0.000000179. The third kappa shape index (κ3) is 28.5. The Labute approximate surface area is 682 Å². The zero-order valence-corrected chi connectivity index (χ0v) is 68.1. The van der Waals surface area contributed by atoms with Crippen LogP contribution < -0.4 is 11.1 Å². The SMILES string of the molecule is CCl.Clc1ncnc2occ(-c3cccs3)c12.N#Cc1cc(=O)[nH]cn1.O=C1CCCN1CC1=NCC(=S)O1.O=C1CCCN1Cc1nnc(Sc2ncnc3occ(-c4cccs4)c23)o1.O=Cc1cccs1.O=P(Cl)(Cl)Cl.O=[N+]([O-])/C(Cl)=C/c1cccs1.O=[N+]([O-])CBr.O=c1[nH]cnc2occ(-c3cccs3)c12. The van der Waals surface area contributed by atoms with Gasteiger partial charge in [0.05, 0.1) is 46.3 Å². The number of nitrogens with one attached hydrogen (secondary N) is 2. The third-order valence-electron chi connectivity index (χ3n) is 13.2. The molecule has 0 radical (unpaired) electrons. The number of nitrogens with zero attached hydrogens (tertiary/aromatic N) is 14. The lowest BCUT2D eigenvalue weighted by Crippen LogP contribution is -2.31. The molecule has 0 aromatic carbocycles. The zero-order chi connectivity index (χ0) is 78.8. The fourth-order valence-electron chi connectivity index (χ4n) is 8.74. The van der Waals surface area contributed by atoms with Gasteiger partial charge >= 0.3 is 10.4 Å². The van der Waals surface area contributed by atoms with E-state index in [4.69, 9.17) is 73.2 Å². The topological polar surface area (TPSA) is 428 Å². The van der Waals surface area contributed by atoms with Crippen LogP contribution in [-0.4, -0.2) is 137 Å². The van der Waals surface area contributed by atoms with Crippen LogP contribution >= 0.6 is 170 Å². The predicted octanol–water partition coefficient (Wildman–Crippen LogP) is 17.9. The molecular weight excluding hydrogens is 1770 g/mol. The number of aromatic amines is 2. The van der Waals surface area contributed by atoms with Gasteiger partial charge in [0.25, 0.3) is 21.8 Å². The fourth-order valence-corrected chi connectivity index (χ4v) is 13.5. The summed E-state index contributed by atoms with van der Waals surface area (Å²) in [5.41, 5.74) is 3.61. The van der Waals surface area contributed by atoms with E-state index in [9.17, 15) is 38.7 Å². The molecule has 2 N–H and O–H groups in total. The molecule has 16 heterocycles. The Kier molecular flexibility index (Phi) is 36.4. The summed E-state index contributed by atoms with van der Waals surface area (Å²) in [4.78, 5) is 114. The summed E-state index contributed by atoms with van der Waals surface area (Å²) in [6.07, 6.45) is 17.0. The summed E-state index contributed by atoms with van der Waals surface area (Å²) < 4.78 is 36.5. The number of H-pyrrole nitrogens is 2. The molecular formula is C63H50BrCl6N16O15PS7. The van der Waals surface area contributed by atoms with Gasteiger partial charge in [-0.25, -0.2) is 34.9 Å². The third-order valence-corrected chi connectivity index (χ3v) is 19.5. The van der Waals surface area contributed by atoms with Crippen molar-refractivity contribution in [3.05, 3.63) is 210 Å². The molecule has 3 aliphatic rings. The summed E-state index contributed by atoms with van der Waals surface area (Å²) in [6, 6.07) is 22.0. The lowest BCUT2D eigenvalue weighted by Gasteiger charge is -2.13. The van der Waals surface area contributed by atoms with Gasteiger partial charge in [0.1, 0.15) is 65.3 Å². The van der Waals surface area contributed by atoms with Crippen LogP contribution in [0.15, 0.2) is 185 Å². The molecule has 0 unspecified atom stereocenters. The van der Waals surface area contributed by atoms with E-state index in [0.717, 1.165) is 90.1 Å². The largest absolute Gasteiger partial charge is 0.445 e. The standard InChI is InChI=1S/C17H13N5O3S2.C10H5ClN2OS.C10H6N2O2S.C8H10N2O2S.C6H4ClNO2S.C5H3N3O.C5H4OS.CH2BrNO2.CH3Cl.Cl3OP/c23-13-4-1-5-22(13)7-12-20-21-17(25-12)27-16-14-10(11-3-2-6-26-11)8-24-15(14)18-9-19-16;11-9-8-6(7-2-1-3-15-7)4-14-10(8)13-5-12-9;13-9-8-6(7-2-1-3-15-7)4-14-10(8)12-5-11-9;11-7-2-1-3-10(7)5-6-9-4-8(13)12-6;7-6(8(9)10)4-5-2-1-3-11-5;6-2-4-1-5(9)8-3-7-4;6-4-5-2-1-3-7-5;2-1-3(4)5;1-2;1-5(2,3)4/h2-3,6,8-9H,1,4-5,7H2;1-5H;1-5H,(H,11,12,13);1-5H2;1-4H;1,3H,(H,7,8,9);1-4H;1H2;1H3;/b;;;;6-4+;;;;;. The number of fused-ring (bicyclic) bond motifs is 3. The quantitative estimate of drug-likeness (QED) is 0.0158. The van der Waals surface area contributed by atoms with Crippen LogP contribution in [0.5, 0.6) is 0 Å². The molecule has 0 bridgehead atoms. The van der Waals surface area contributed by atoms with Crippen LogP contribution in [0, 0.1) is 31.6 Å². The number of nitro groups is 2. The molecule has 13 aromatic heterocycles. The smallest absolute Gasteiger partial charge is 0.339 e. The number of hydrogen-bond donors (Lipinski definition) is 2. The molecule has 13 aromatic rings. The number of carbonyl (C=O) groups is 3. The van der Waals surface area contributed by atoms with Crippen LogP contribution in [0.3, 0.4) is 0 Å². The summed E-state index contributed by atoms with van der Waals surface area (Å²) in [5, 5.41) is 45.7. The average molecular weight is 1820 g/mol. The number of aliphatic imine (C=N–C) groups is 1. The lowest BCUT2D eigenvalue weighted by atomic mass is 10.2. The van der Waals surface area contributed by atoms with Crippen LogP contribution in [0.2, 0.25) is 5.15 Å². The minimum atomic E-state index is -3.22. The fraction of sp³-hybridized carbons (Fsp3) is 0.175. The molecule has 568 valence electrons. The number of furan rings is 3. The number of thiocarbonyl (C=S) groups is 1. The van der Waals surface area contributed by atoms with Gasteiger partial charge in [-0.15, -0.1) is 78.5 Å². The van der Waals surface area contributed by atoms with E-state index >= 15 is 0 Å². The lowest BCUT2D eigenvalue weighted by molar-refractivity contribution is -0.454. The predicted molar refractivity (Wildman–Crippen MR) is 430 cm³/mol. The number of carbonyl (C=O) groups excluding carboxylic acids is 3. The Morgan fingerprint density at radius 3 is 1.69 bits per heavy atom. The van der Waals surface area contributed by atoms with Crippen molar-refractivity contribution < 1.29 is 51.2 Å². The van der Waals surface area contributed by atoms with Gasteiger partial charge in [0.2, 0.25) is 40.7 Å². The minimum absolute atomic E-state index is 0.124. The second-order valence-corrected chi connectivity index (χ2v) is 34.3. The van der Waals surface area contributed by atoms with E-state index in [1.165, 1.54) is 72.2 Å². The summed E-state index contributed by atoms with van der Waals surface area (Å²) in [5.74, 6) is 1.31. The van der Waals surface area contributed by atoms with E-state index in [1.807, 2.05) is 69.4 Å². The second-order valence-electron chi connectivity index (χ2n) is 20.2. The molecule has 16 rings (SSSR count). The molecule has 0 spiro atoms. The zero-order valence-electron chi connectivity index (χ0n) is 55.3. The van der Waals surface area contributed by atoms with Gasteiger partial charge in [-0.1, -0.05) is 41.9 Å². The monoisotopic (exact) mass is 1810 g/mol. The Morgan fingerprint density at radius 1 is 0.725 bits per heavy atom. The van der Waals surface area contributed by atoms with Gasteiger partial charge in [0, 0.05) is 85.6 Å². The highest BCUT2D eigenvalue weighted by molar-refractivity contribution is 9.09. The molecule has 0 saturated carbocycles. The van der Waals surface area contributed by atoms with Crippen LogP contribution in [-0.2, 0) is 25.4 Å². The highest BCUT2D eigenvalue weighted by Gasteiger charge is 2.26. The normalized spacial score (nSPS) is 12.6. The molecule has 31 nitrogen and oxygen atoms in total. The molecule has 0 atom stereocenters. The molecule has 109 heavy (non-hydrogen) atoms. The van der Waals surface area contributed by atoms with E-state index in [0.29, 0.717) is 87.2 Å². The van der Waals surface area contributed by atoms with Crippen molar-refractivity contribution in [3.8, 4) is 37.4 Å². The maximum absolute atomic E-state index is 11.7. The number of rotatable bonds is 13. The van der Waals surface area contributed by atoms with Crippen LogP contribution in [0.25, 0.3) is 70.7 Å². The first kappa shape index (κ1) is 87.4. The summed E-state index contributed by atoms with van der Waals surface area (Å²) in [7, 11) is 0. The molecule has 2 amide bonds. The van der Waals surface area contributed by atoms with Crippen molar-refractivity contribution in [2.45, 2.75) is 42.5 Å². The molecule has 0 aliphatic carbocycles. The Morgan fingerprint density at radius 2 is 1.23 bits per heavy atom. The number of aldehydes is 1. The van der Waals surface area contributed by atoms with Crippen molar-refractivity contribution in [2.75, 3.05) is 38.0 Å². The Hall–Kier alpha value is -8.82. The summed E-state index contributed by atoms with van der Waals surface area (Å²) >= 11 is 46.2. The highest BCUT2D eigenvalue weighted by Crippen LogP contribution is 2.61. The number of aromatic nitrogens is 10.